The average molecular weight is 378 g/mol. The summed E-state index contributed by atoms with van der Waals surface area (Å²) >= 11 is 0. The number of hydrogen-bond donors (Lipinski definition) is 1. The lowest BCUT2D eigenvalue weighted by atomic mass is 10.1. The summed E-state index contributed by atoms with van der Waals surface area (Å²) < 4.78 is 1.69. The summed E-state index contributed by atoms with van der Waals surface area (Å²) in [7, 11) is 0. The number of fused-ring (bicyclic) bond motifs is 1. The van der Waals surface area contributed by atoms with Crippen LogP contribution in [-0.2, 0) is 0 Å². The van der Waals surface area contributed by atoms with Crippen LogP contribution in [0.4, 0.5) is 5.69 Å². The molecule has 6 heteroatoms. The lowest BCUT2D eigenvalue weighted by Gasteiger charge is -2.20. The molecule has 0 atom stereocenters. The lowest BCUT2D eigenvalue weighted by molar-refractivity contribution is 0.0949. The molecule has 3 aromatic rings. The van der Waals surface area contributed by atoms with Crippen molar-refractivity contribution in [3.05, 3.63) is 66.2 Å². The van der Waals surface area contributed by atoms with Crippen LogP contribution in [-0.4, -0.2) is 34.3 Å². The van der Waals surface area contributed by atoms with Gasteiger partial charge in [0.2, 0.25) is 5.82 Å². The van der Waals surface area contributed by atoms with Crippen molar-refractivity contribution in [3.63, 3.8) is 0 Å². The molecule has 1 aromatic carbocycles. The summed E-state index contributed by atoms with van der Waals surface area (Å²) in [5, 5.41) is 2.91. The van der Waals surface area contributed by atoms with E-state index in [0.717, 1.165) is 12.1 Å². The molecule has 0 aliphatic heterocycles. The van der Waals surface area contributed by atoms with Gasteiger partial charge in [-0.05, 0) is 43.5 Å². The van der Waals surface area contributed by atoms with Crippen LogP contribution in [0, 0.1) is 5.92 Å². The molecule has 0 aliphatic rings. The molecule has 146 valence electrons. The van der Waals surface area contributed by atoms with E-state index in [-0.39, 0.29) is 23.3 Å². The Bertz CT molecular complexity index is 963. The van der Waals surface area contributed by atoms with Gasteiger partial charge in [-0.15, -0.1) is 0 Å². The molecule has 6 nitrogen and oxygen atoms in total. The first-order chi connectivity index (χ1) is 13.5. The van der Waals surface area contributed by atoms with Gasteiger partial charge in [0.25, 0.3) is 11.8 Å². The molecule has 3 rings (SSSR count). The van der Waals surface area contributed by atoms with Gasteiger partial charge in [0, 0.05) is 25.0 Å². The lowest BCUT2D eigenvalue weighted by Crippen LogP contribution is -2.32. The van der Waals surface area contributed by atoms with Crippen LogP contribution in [0.1, 0.15) is 48.3 Å². The average Bonchev–Trinajstić information content (AvgIpc) is 3.09. The van der Waals surface area contributed by atoms with E-state index in [1.54, 1.807) is 21.6 Å². The molecule has 1 N–H and O–H groups in total. The van der Waals surface area contributed by atoms with E-state index in [0.29, 0.717) is 24.5 Å². The molecule has 0 unspecified atom stereocenters. The quantitative estimate of drug-likeness (QED) is 0.680. The van der Waals surface area contributed by atoms with Gasteiger partial charge in [0.15, 0.2) is 5.69 Å². The van der Waals surface area contributed by atoms with E-state index in [4.69, 9.17) is 0 Å². The minimum absolute atomic E-state index is 0.232. The zero-order valence-corrected chi connectivity index (χ0v) is 16.6. The number of pyridine rings is 1. The van der Waals surface area contributed by atoms with Crippen LogP contribution in [0.2, 0.25) is 0 Å². The van der Waals surface area contributed by atoms with Crippen molar-refractivity contribution in [1.82, 2.24) is 14.7 Å². The number of carbonyl (C=O) groups excluding carboxylic acids is 2. The maximum atomic E-state index is 13.2. The SMILES string of the molecule is CCN(C(=O)c1nc(C(=O)NCCC(C)C)c2ccccn12)c1ccccc1. The Labute approximate surface area is 165 Å². The van der Waals surface area contributed by atoms with Crippen molar-refractivity contribution in [2.45, 2.75) is 27.2 Å². The van der Waals surface area contributed by atoms with E-state index >= 15 is 0 Å². The largest absolute Gasteiger partial charge is 0.351 e. The second-order valence-corrected chi connectivity index (χ2v) is 7.06. The van der Waals surface area contributed by atoms with E-state index < -0.39 is 0 Å². The molecule has 0 aliphatic carbocycles. The predicted molar refractivity (Wildman–Crippen MR) is 111 cm³/mol. The molecule has 0 saturated carbocycles. The summed E-state index contributed by atoms with van der Waals surface area (Å²) in [5.41, 5.74) is 1.69. The number of nitrogens with one attached hydrogen (secondary N) is 1. The first-order valence-corrected chi connectivity index (χ1v) is 9.65. The smallest absolute Gasteiger partial charge is 0.294 e. The third kappa shape index (κ3) is 4.06. The normalized spacial score (nSPS) is 11.0. The Balaban J connectivity index is 1.95. The fraction of sp³-hybridized carbons (Fsp3) is 0.318. The predicted octanol–water partition coefficient (Wildman–Crippen LogP) is 3.78. The topological polar surface area (TPSA) is 66.7 Å². The number of benzene rings is 1. The Kier molecular flexibility index (Phi) is 6.09. The van der Waals surface area contributed by atoms with E-state index in [9.17, 15) is 9.59 Å². The Morgan fingerprint density at radius 1 is 1.11 bits per heavy atom. The second-order valence-electron chi connectivity index (χ2n) is 7.06. The van der Waals surface area contributed by atoms with Crippen LogP contribution in [0.25, 0.3) is 5.52 Å². The van der Waals surface area contributed by atoms with Gasteiger partial charge in [0.05, 0.1) is 5.52 Å². The van der Waals surface area contributed by atoms with Crippen LogP contribution in [0.5, 0.6) is 0 Å². The molecule has 2 amide bonds. The standard InChI is InChI=1S/C22H26N4O2/c1-4-25(17-10-6-5-7-11-17)22(28)20-24-19(18-12-8-9-15-26(18)20)21(27)23-14-13-16(2)3/h5-12,15-16H,4,13-14H2,1-3H3,(H,23,27). The molecule has 0 radical (unpaired) electrons. The monoisotopic (exact) mass is 378 g/mol. The van der Waals surface area contributed by atoms with E-state index in [1.807, 2.05) is 49.4 Å². The van der Waals surface area contributed by atoms with Gasteiger partial charge in [-0.25, -0.2) is 4.98 Å². The zero-order chi connectivity index (χ0) is 20.1. The van der Waals surface area contributed by atoms with E-state index in [2.05, 4.69) is 24.1 Å². The minimum atomic E-state index is -0.258. The number of anilines is 1. The van der Waals surface area contributed by atoms with Gasteiger partial charge >= 0.3 is 0 Å². The van der Waals surface area contributed by atoms with Gasteiger partial charge in [-0.3, -0.25) is 14.0 Å². The maximum absolute atomic E-state index is 13.2. The summed E-state index contributed by atoms with van der Waals surface area (Å²) in [5.74, 6) is 0.234. The molecular weight excluding hydrogens is 352 g/mol. The van der Waals surface area contributed by atoms with Crippen LogP contribution >= 0.6 is 0 Å². The van der Waals surface area contributed by atoms with Crippen molar-refractivity contribution < 1.29 is 9.59 Å². The van der Waals surface area contributed by atoms with Gasteiger partial charge in [-0.2, -0.15) is 0 Å². The number of rotatable bonds is 7. The van der Waals surface area contributed by atoms with Crippen molar-refractivity contribution in [3.8, 4) is 0 Å². The second kappa shape index (κ2) is 8.69. The zero-order valence-electron chi connectivity index (χ0n) is 16.6. The number of carbonyl (C=O) groups is 2. The van der Waals surface area contributed by atoms with Gasteiger partial charge in [-0.1, -0.05) is 38.1 Å². The fourth-order valence-electron chi connectivity index (χ4n) is 3.09. The number of aromatic nitrogens is 2. The first-order valence-electron chi connectivity index (χ1n) is 9.65. The van der Waals surface area contributed by atoms with E-state index in [1.165, 1.54) is 0 Å². The molecule has 0 spiro atoms. The Hall–Kier alpha value is -3.15. The molecule has 2 heterocycles. The van der Waals surface area contributed by atoms with Crippen LogP contribution in [0.15, 0.2) is 54.7 Å². The first kappa shape index (κ1) is 19.6. The molecule has 0 saturated heterocycles. The highest BCUT2D eigenvalue weighted by molar-refractivity contribution is 6.07. The fourth-order valence-corrected chi connectivity index (χ4v) is 3.09. The molecule has 0 bridgehead atoms. The summed E-state index contributed by atoms with van der Waals surface area (Å²) in [4.78, 5) is 32.0. The summed E-state index contributed by atoms with van der Waals surface area (Å²) in [6.45, 7) is 7.22. The molecular formula is C22H26N4O2. The number of nitrogens with zero attached hydrogens (tertiary/aromatic N) is 3. The van der Waals surface area contributed by atoms with Crippen LogP contribution < -0.4 is 10.2 Å². The number of imidazole rings is 1. The number of hydrogen-bond acceptors (Lipinski definition) is 3. The van der Waals surface area contributed by atoms with Crippen molar-refractivity contribution >= 4 is 23.0 Å². The minimum Gasteiger partial charge on any atom is -0.351 e. The van der Waals surface area contributed by atoms with Crippen molar-refractivity contribution in [2.75, 3.05) is 18.0 Å². The highest BCUT2D eigenvalue weighted by Gasteiger charge is 2.25. The highest BCUT2D eigenvalue weighted by atomic mass is 16.2. The molecule has 0 fully saturated rings. The third-order valence-electron chi connectivity index (χ3n) is 4.59. The van der Waals surface area contributed by atoms with Crippen LogP contribution in [0.3, 0.4) is 0 Å². The third-order valence-corrected chi connectivity index (χ3v) is 4.59. The molecule has 2 aromatic heterocycles. The Morgan fingerprint density at radius 3 is 2.50 bits per heavy atom. The van der Waals surface area contributed by atoms with Crippen molar-refractivity contribution in [1.29, 1.82) is 0 Å². The van der Waals surface area contributed by atoms with Gasteiger partial charge in [0.1, 0.15) is 0 Å². The maximum Gasteiger partial charge on any atom is 0.294 e. The summed E-state index contributed by atoms with van der Waals surface area (Å²) in [6, 6.07) is 14.9. The number of para-hydroxylation sites is 1. The van der Waals surface area contributed by atoms with Gasteiger partial charge < -0.3 is 10.2 Å². The van der Waals surface area contributed by atoms with Crippen molar-refractivity contribution in [2.24, 2.45) is 5.92 Å². The highest BCUT2D eigenvalue weighted by Crippen LogP contribution is 2.19. The number of amides is 2. The summed E-state index contributed by atoms with van der Waals surface area (Å²) in [6.07, 6.45) is 2.65. The molecule has 28 heavy (non-hydrogen) atoms. The Morgan fingerprint density at radius 2 is 1.82 bits per heavy atom.